The van der Waals surface area contributed by atoms with Gasteiger partial charge in [-0.3, -0.25) is 24.6 Å². The summed E-state index contributed by atoms with van der Waals surface area (Å²) in [4.78, 5) is 55.2. The van der Waals surface area contributed by atoms with Crippen molar-refractivity contribution in [2.24, 2.45) is 0 Å². The minimum Gasteiger partial charge on any atom is -0.462 e. The number of hydrogen-bond acceptors (Lipinski definition) is 9. The molecule has 1 atom stereocenters. The third kappa shape index (κ3) is 8.28. The first-order valence-corrected chi connectivity index (χ1v) is 17.7. The predicted octanol–water partition coefficient (Wildman–Crippen LogP) is 8.12. The van der Waals surface area contributed by atoms with E-state index in [1.165, 1.54) is 52.9 Å². The normalized spacial score (nSPS) is 13.1. The summed E-state index contributed by atoms with van der Waals surface area (Å²) in [5.41, 5.74) is 3.75. The van der Waals surface area contributed by atoms with E-state index in [-0.39, 0.29) is 23.8 Å². The second-order valence-corrected chi connectivity index (χ2v) is 13.8. The number of nitrogens with zero attached hydrogens (tertiary/aromatic N) is 2. The van der Waals surface area contributed by atoms with E-state index in [9.17, 15) is 24.5 Å². The Morgan fingerprint density at radius 3 is 2.42 bits per heavy atom. The Labute approximate surface area is 297 Å². The zero-order chi connectivity index (χ0) is 35.0. The zero-order valence-corrected chi connectivity index (χ0v) is 28.8. The summed E-state index contributed by atoms with van der Waals surface area (Å²) in [7, 11) is 0. The van der Waals surface area contributed by atoms with E-state index in [1.54, 1.807) is 25.1 Å². The van der Waals surface area contributed by atoms with Crippen LogP contribution >= 0.6 is 23.1 Å². The van der Waals surface area contributed by atoms with Crippen LogP contribution in [0.2, 0.25) is 0 Å². The smallest absolute Gasteiger partial charge is 0.341 e. The molecule has 0 saturated carbocycles. The molecule has 4 aromatic carbocycles. The topological polar surface area (TPSA) is 131 Å². The van der Waals surface area contributed by atoms with Crippen molar-refractivity contribution in [1.82, 2.24) is 4.90 Å². The van der Waals surface area contributed by atoms with Crippen LogP contribution in [0, 0.1) is 10.1 Å². The number of nitro benzene ring substituents is 1. The SMILES string of the molecule is CCOC(=O)c1c(NC(=O)C(Sc2cccc(NC(=O)c3cccc([N+](=O)[O-])c3)c2)c2ccccc2)sc2c1CCN(Cc1ccccc1)C2. The number of amides is 2. The largest absolute Gasteiger partial charge is 0.462 e. The van der Waals surface area contributed by atoms with Gasteiger partial charge in [0, 0.05) is 52.8 Å². The number of anilines is 2. The van der Waals surface area contributed by atoms with Gasteiger partial charge in [-0.15, -0.1) is 23.1 Å². The lowest BCUT2D eigenvalue weighted by Crippen LogP contribution is -2.30. The summed E-state index contributed by atoms with van der Waals surface area (Å²) in [5, 5.41) is 16.8. The minimum absolute atomic E-state index is 0.151. The van der Waals surface area contributed by atoms with Crippen LogP contribution in [0.25, 0.3) is 0 Å². The van der Waals surface area contributed by atoms with Gasteiger partial charge in [-0.2, -0.15) is 0 Å². The number of esters is 1. The molecule has 2 amide bonds. The van der Waals surface area contributed by atoms with Crippen LogP contribution in [-0.2, 0) is 29.0 Å². The molecule has 1 aliphatic rings. The Morgan fingerprint density at radius 1 is 0.940 bits per heavy atom. The molecule has 2 N–H and O–H groups in total. The van der Waals surface area contributed by atoms with Crippen molar-refractivity contribution in [2.75, 3.05) is 23.8 Å². The van der Waals surface area contributed by atoms with Crippen molar-refractivity contribution in [3.63, 3.8) is 0 Å². The fourth-order valence-electron chi connectivity index (χ4n) is 5.77. The minimum atomic E-state index is -0.706. The molecule has 12 heteroatoms. The number of hydrogen-bond donors (Lipinski definition) is 2. The molecule has 1 aliphatic heterocycles. The molecular weight excluding hydrogens is 673 g/mol. The molecule has 6 rings (SSSR count). The highest BCUT2D eigenvalue weighted by molar-refractivity contribution is 8.00. The van der Waals surface area contributed by atoms with Crippen LogP contribution in [0.4, 0.5) is 16.4 Å². The molecule has 10 nitrogen and oxygen atoms in total. The molecule has 254 valence electrons. The lowest BCUT2D eigenvalue weighted by atomic mass is 10.0. The monoisotopic (exact) mass is 706 g/mol. The van der Waals surface area contributed by atoms with Crippen molar-refractivity contribution in [1.29, 1.82) is 0 Å². The van der Waals surface area contributed by atoms with Gasteiger partial charge in [0.2, 0.25) is 5.91 Å². The maximum atomic E-state index is 14.2. The van der Waals surface area contributed by atoms with E-state index in [4.69, 9.17) is 4.74 Å². The molecule has 1 unspecified atom stereocenters. The summed E-state index contributed by atoms with van der Waals surface area (Å²) >= 11 is 2.72. The van der Waals surface area contributed by atoms with Gasteiger partial charge in [-0.1, -0.05) is 72.8 Å². The molecule has 2 heterocycles. The second kappa shape index (κ2) is 15.9. The van der Waals surface area contributed by atoms with Gasteiger partial charge in [-0.05, 0) is 54.3 Å². The Hall–Kier alpha value is -5.30. The fraction of sp³-hybridized carbons (Fsp3) is 0.184. The number of fused-ring (bicyclic) bond motifs is 1. The number of rotatable bonds is 12. The lowest BCUT2D eigenvalue weighted by Gasteiger charge is -2.27. The number of thioether (sulfide) groups is 1. The molecule has 0 saturated heterocycles. The molecule has 1 aromatic heterocycles. The molecule has 0 bridgehead atoms. The first-order valence-electron chi connectivity index (χ1n) is 16.0. The Bertz CT molecular complexity index is 2020. The van der Waals surface area contributed by atoms with E-state index in [2.05, 4.69) is 27.7 Å². The van der Waals surface area contributed by atoms with E-state index in [1.807, 2.05) is 54.6 Å². The molecule has 5 aromatic rings. The number of thiophene rings is 1. The summed E-state index contributed by atoms with van der Waals surface area (Å²) < 4.78 is 5.46. The average Bonchev–Trinajstić information content (AvgIpc) is 3.48. The van der Waals surface area contributed by atoms with Gasteiger partial charge in [0.05, 0.1) is 17.1 Å². The van der Waals surface area contributed by atoms with Crippen LogP contribution < -0.4 is 10.6 Å². The van der Waals surface area contributed by atoms with E-state index >= 15 is 0 Å². The molecule has 0 radical (unpaired) electrons. The fourth-order valence-corrected chi connectivity index (χ4v) is 8.13. The van der Waals surface area contributed by atoms with E-state index < -0.39 is 22.0 Å². The van der Waals surface area contributed by atoms with Gasteiger partial charge in [0.25, 0.3) is 11.6 Å². The van der Waals surface area contributed by atoms with Gasteiger partial charge < -0.3 is 15.4 Å². The van der Waals surface area contributed by atoms with Crippen LogP contribution in [-0.4, -0.2) is 40.8 Å². The number of carbonyl (C=O) groups excluding carboxylic acids is 3. The Kier molecular flexibility index (Phi) is 11.0. The van der Waals surface area contributed by atoms with Crippen molar-refractivity contribution in [3.8, 4) is 0 Å². The number of non-ortho nitro benzene ring substituents is 1. The highest BCUT2D eigenvalue weighted by Crippen LogP contribution is 2.41. The highest BCUT2D eigenvalue weighted by Gasteiger charge is 2.31. The first-order chi connectivity index (χ1) is 24.3. The predicted molar refractivity (Wildman–Crippen MR) is 196 cm³/mol. The van der Waals surface area contributed by atoms with Gasteiger partial charge in [-0.25, -0.2) is 4.79 Å². The van der Waals surface area contributed by atoms with Gasteiger partial charge in [0.1, 0.15) is 10.3 Å². The van der Waals surface area contributed by atoms with Crippen molar-refractivity contribution < 1.29 is 24.0 Å². The zero-order valence-electron chi connectivity index (χ0n) is 27.2. The van der Waals surface area contributed by atoms with E-state index in [0.29, 0.717) is 34.1 Å². The van der Waals surface area contributed by atoms with E-state index in [0.717, 1.165) is 29.1 Å². The van der Waals surface area contributed by atoms with Gasteiger partial charge >= 0.3 is 5.97 Å². The Morgan fingerprint density at radius 2 is 1.68 bits per heavy atom. The van der Waals surface area contributed by atoms with Crippen LogP contribution in [0.3, 0.4) is 0 Å². The average molecular weight is 707 g/mol. The Balaban J connectivity index is 1.24. The summed E-state index contributed by atoms with van der Waals surface area (Å²) in [5.74, 6) is -1.26. The second-order valence-electron chi connectivity index (χ2n) is 11.6. The van der Waals surface area contributed by atoms with Crippen LogP contribution in [0.15, 0.2) is 114 Å². The van der Waals surface area contributed by atoms with Crippen LogP contribution in [0.5, 0.6) is 0 Å². The molecule has 0 spiro atoms. The highest BCUT2D eigenvalue weighted by atomic mass is 32.2. The number of ether oxygens (including phenoxy) is 1. The molecule has 0 fully saturated rings. The van der Waals surface area contributed by atoms with Crippen molar-refractivity contribution >= 4 is 57.3 Å². The summed E-state index contributed by atoms with van der Waals surface area (Å²) in [6.07, 6.45) is 0.661. The standard InChI is InChI=1S/C38H34N4O6S2/c1-2-48-38(45)33-31-19-20-41(23-25-11-5-3-6-12-25)24-32(31)50-37(33)40-36(44)34(26-13-7-4-8-14-26)49-30-18-10-16-28(22-30)39-35(43)27-15-9-17-29(21-27)42(46)47/h3-18,21-22,34H,2,19-20,23-24H2,1H3,(H,39,43)(H,40,44). The number of nitrogens with one attached hydrogen (secondary N) is 2. The lowest BCUT2D eigenvalue weighted by molar-refractivity contribution is -0.384. The maximum Gasteiger partial charge on any atom is 0.341 e. The van der Waals surface area contributed by atoms with Crippen molar-refractivity contribution in [2.45, 2.75) is 36.6 Å². The maximum absolute atomic E-state index is 14.2. The summed E-state index contributed by atoms with van der Waals surface area (Å²) in [6, 6.07) is 32.2. The molecular formula is C38H34N4O6S2. The van der Waals surface area contributed by atoms with Crippen molar-refractivity contribution in [3.05, 3.63) is 152 Å². The third-order valence-corrected chi connectivity index (χ3v) is 10.5. The number of benzene rings is 4. The van der Waals surface area contributed by atoms with Gasteiger partial charge in [0.15, 0.2) is 0 Å². The first kappa shape index (κ1) is 34.6. The molecule has 0 aliphatic carbocycles. The number of carbonyl (C=O) groups is 3. The van der Waals surface area contributed by atoms with Crippen LogP contribution in [0.1, 0.15) is 54.5 Å². The third-order valence-electron chi connectivity index (χ3n) is 8.11. The molecule has 50 heavy (non-hydrogen) atoms. The summed E-state index contributed by atoms with van der Waals surface area (Å²) in [6.45, 7) is 4.19. The number of nitro groups is 1. The quantitative estimate of drug-likeness (QED) is 0.0576.